The molecule has 0 bridgehead atoms. The molecule has 0 aliphatic carbocycles. The Kier molecular flexibility index (Phi) is 5.02. The largest absolute Gasteiger partial charge is 0.381 e. The third-order valence-electron chi connectivity index (χ3n) is 4.76. The smallest absolute Gasteiger partial charge is 0.252 e. The summed E-state index contributed by atoms with van der Waals surface area (Å²) in [5, 5.41) is 3.20. The number of aromatic nitrogens is 4. The molecule has 1 aromatic carbocycles. The molecule has 0 amide bonds. The molecule has 7 heteroatoms. The molecule has 0 unspecified atom stereocenters. The summed E-state index contributed by atoms with van der Waals surface area (Å²) in [4.78, 5) is 23.3. The van der Waals surface area contributed by atoms with Crippen LogP contribution in [-0.4, -0.2) is 39.3 Å². The van der Waals surface area contributed by atoms with Gasteiger partial charge in [-0.3, -0.25) is 9.78 Å². The average Bonchev–Trinajstić information content (AvgIpc) is 3.31. The zero-order valence-electron chi connectivity index (χ0n) is 15.3. The molecule has 7 nitrogen and oxygen atoms in total. The number of ether oxygens (including phenoxy) is 1. The molecule has 2 N–H and O–H groups in total. The summed E-state index contributed by atoms with van der Waals surface area (Å²) in [6, 6.07) is 11.7. The van der Waals surface area contributed by atoms with Crippen molar-refractivity contribution in [2.24, 2.45) is 0 Å². The van der Waals surface area contributed by atoms with Crippen molar-refractivity contribution in [3.8, 4) is 11.3 Å². The van der Waals surface area contributed by atoms with Crippen LogP contribution in [0.3, 0.4) is 0 Å². The number of nitrogens with one attached hydrogen (secondary N) is 2. The van der Waals surface area contributed by atoms with E-state index in [-0.39, 0.29) is 5.56 Å². The molecule has 1 fully saturated rings. The van der Waals surface area contributed by atoms with E-state index in [2.05, 4.69) is 32.0 Å². The lowest BCUT2D eigenvalue weighted by Gasteiger charge is -2.15. The minimum Gasteiger partial charge on any atom is -0.381 e. The molecule has 140 valence electrons. The van der Waals surface area contributed by atoms with Crippen molar-refractivity contribution in [3.05, 3.63) is 64.5 Å². The van der Waals surface area contributed by atoms with Gasteiger partial charge in [-0.15, -0.1) is 0 Å². The van der Waals surface area contributed by atoms with Crippen LogP contribution in [0, 0.1) is 6.92 Å². The maximum absolute atomic E-state index is 11.6. The van der Waals surface area contributed by atoms with Crippen LogP contribution in [0.5, 0.6) is 0 Å². The Bertz CT molecular complexity index is 958. The van der Waals surface area contributed by atoms with Gasteiger partial charge in [-0.05, 0) is 13.3 Å². The third-order valence-corrected chi connectivity index (χ3v) is 4.76. The van der Waals surface area contributed by atoms with E-state index in [9.17, 15) is 4.79 Å². The van der Waals surface area contributed by atoms with Gasteiger partial charge >= 0.3 is 0 Å². The summed E-state index contributed by atoms with van der Waals surface area (Å²) < 4.78 is 7.80. The number of nitrogens with zero attached hydrogens (tertiary/aromatic N) is 3. The predicted molar refractivity (Wildman–Crippen MR) is 104 cm³/mol. The zero-order valence-corrected chi connectivity index (χ0v) is 15.3. The van der Waals surface area contributed by atoms with Gasteiger partial charge in [0.05, 0.1) is 24.3 Å². The SMILES string of the molecule is Cc1cc(=O)[nH]c(NCCn2cnc(-c3ccccc3)c2[C@@H]2CCOC2)n1. The van der Waals surface area contributed by atoms with E-state index in [4.69, 9.17) is 9.72 Å². The number of imidazole rings is 1. The van der Waals surface area contributed by atoms with E-state index < -0.39 is 0 Å². The van der Waals surface area contributed by atoms with Crippen LogP contribution in [0.25, 0.3) is 11.3 Å². The van der Waals surface area contributed by atoms with Gasteiger partial charge in [-0.2, -0.15) is 0 Å². The second-order valence-electron chi connectivity index (χ2n) is 6.76. The number of hydrogen-bond acceptors (Lipinski definition) is 5. The average molecular weight is 365 g/mol. The van der Waals surface area contributed by atoms with E-state index >= 15 is 0 Å². The Morgan fingerprint density at radius 1 is 1.33 bits per heavy atom. The second kappa shape index (κ2) is 7.75. The molecule has 1 aliphatic heterocycles. The number of hydrogen-bond donors (Lipinski definition) is 2. The van der Waals surface area contributed by atoms with Gasteiger partial charge in [0.1, 0.15) is 0 Å². The molecule has 3 aromatic rings. The minimum atomic E-state index is -0.150. The zero-order chi connectivity index (χ0) is 18.6. The quantitative estimate of drug-likeness (QED) is 0.701. The summed E-state index contributed by atoms with van der Waals surface area (Å²) >= 11 is 0. The van der Waals surface area contributed by atoms with Crippen molar-refractivity contribution in [1.29, 1.82) is 0 Å². The minimum absolute atomic E-state index is 0.150. The van der Waals surface area contributed by atoms with E-state index in [1.165, 1.54) is 11.8 Å². The van der Waals surface area contributed by atoms with Gasteiger partial charge in [0, 0.05) is 42.9 Å². The first kappa shape index (κ1) is 17.5. The Morgan fingerprint density at radius 2 is 2.19 bits per heavy atom. The number of H-pyrrole nitrogens is 1. The standard InChI is InChI=1S/C20H23N5O2/c1-14-11-17(26)24-20(23-14)21-8-9-25-13-22-18(15-5-3-2-4-6-15)19(25)16-7-10-27-12-16/h2-6,11,13,16H,7-10,12H2,1H3,(H2,21,23,24,26)/t16-/m1/s1. The van der Waals surface area contributed by atoms with Crippen LogP contribution < -0.4 is 10.9 Å². The summed E-state index contributed by atoms with van der Waals surface area (Å²) in [5.41, 5.74) is 3.90. The van der Waals surface area contributed by atoms with E-state index in [0.29, 0.717) is 24.1 Å². The highest BCUT2D eigenvalue weighted by molar-refractivity contribution is 5.62. The van der Waals surface area contributed by atoms with Crippen LogP contribution >= 0.6 is 0 Å². The number of benzene rings is 1. The Hall–Kier alpha value is -2.93. The highest BCUT2D eigenvalue weighted by Crippen LogP contribution is 2.33. The normalized spacial score (nSPS) is 16.6. The monoisotopic (exact) mass is 365 g/mol. The van der Waals surface area contributed by atoms with E-state index in [1.54, 1.807) is 6.92 Å². The highest BCUT2D eigenvalue weighted by Gasteiger charge is 2.25. The first-order valence-corrected chi connectivity index (χ1v) is 9.21. The van der Waals surface area contributed by atoms with Crippen molar-refractivity contribution < 1.29 is 4.74 Å². The number of anilines is 1. The summed E-state index contributed by atoms with van der Waals surface area (Å²) in [7, 11) is 0. The lowest BCUT2D eigenvalue weighted by molar-refractivity contribution is 0.193. The van der Waals surface area contributed by atoms with Crippen LogP contribution in [0.1, 0.15) is 23.7 Å². The van der Waals surface area contributed by atoms with Crippen LogP contribution in [0.15, 0.2) is 47.5 Å². The predicted octanol–water partition coefficient (Wildman–Crippen LogP) is 2.56. The number of aryl methyl sites for hydroxylation is 1. The Morgan fingerprint density at radius 3 is 2.93 bits per heavy atom. The third kappa shape index (κ3) is 3.93. The molecular weight excluding hydrogens is 342 g/mol. The van der Waals surface area contributed by atoms with Crippen LogP contribution in [0.4, 0.5) is 5.95 Å². The molecule has 4 rings (SSSR count). The Balaban J connectivity index is 1.55. The van der Waals surface area contributed by atoms with Gasteiger partial charge in [0.25, 0.3) is 5.56 Å². The van der Waals surface area contributed by atoms with Crippen molar-refractivity contribution in [2.45, 2.75) is 25.8 Å². The highest BCUT2D eigenvalue weighted by atomic mass is 16.5. The maximum atomic E-state index is 11.6. The fraction of sp³-hybridized carbons (Fsp3) is 0.350. The lowest BCUT2D eigenvalue weighted by Crippen LogP contribution is -2.18. The lowest BCUT2D eigenvalue weighted by atomic mass is 9.99. The summed E-state index contributed by atoms with van der Waals surface area (Å²) in [5.74, 6) is 0.841. The molecule has 1 atom stereocenters. The van der Waals surface area contributed by atoms with Gasteiger partial charge in [-0.1, -0.05) is 30.3 Å². The second-order valence-corrected chi connectivity index (χ2v) is 6.76. The van der Waals surface area contributed by atoms with Gasteiger partial charge in [-0.25, -0.2) is 9.97 Å². The van der Waals surface area contributed by atoms with Crippen molar-refractivity contribution in [3.63, 3.8) is 0 Å². The molecule has 1 saturated heterocycles. The number of aromatic amines is 1. The maximum Gasteiger partial charge on any atom is 0.252 e. The van der Waals surface area contributed by atoms with Crippen molar-refractivity contribution >= 4 is 5.95 Å². The molecule has 3 heterocycles. The van der Waals surface area contributed by atoms with E-state index in [1.807, 2.05) is 24.5 Å². The van der Waals surface area contributed by atoms with Gasteiger partial charge < -0.3 is 14.6 Å². The van der Waals surface area contributed by atoms with E-state index in [0.717, 1.165) is 37.4 Å². The molecule has 0 saturated carbocycles. The summed E-state index contributed by atoms with van der Waals surface area (Å²) in [6.45, 7) is 4.68. The first-order chi connectivity index (χ1) is 13.2. The van der Waals surface area contributed by atoms with Gasteiger partial charge in [0.15, 0.2) is 0 Å². The fourth-order valence-electron chi connectivity index (χ4n) is 3.52. The van der Waals surface area contributed by atoms with Crippen molar-refractivity contribution in [2.75, 3.05) is 25.1 Å². The molecule has 2 aromatic heterocycles. The molecule has 0 radical (unpaired) electrons. The van der Waals surface area contributed by atoms with Crippen molar-refractivity contribution in [1.82, 2.24) is 19.5 Å². The first-order valence-electron chi connectivity index (χ1n) is 9.21. The van der Waals surface area contributed by atoms with Gasteiger partial charge in [0.2, 0.25) is 5.95 Å². The van der Waals surface area contributed by atoms with Crippen LogP contribution in [0.2, 0.25) is 0 Å². The Labute approximate surface area is 157 Å². The number of rotatable bonds is 6. The molecular formula is C20H23N5O2. The molecule has 0 spiro atoms. The summed E-state index contributed by atoms with van der Waals surface area (Å²) in [6.07, 6.45) is 2.90. The molecule has 1 aliphatic rings. The van der Waals surface area contributed by atoms with Crippen LogP contribution in [-0.2, 0) is 11.3 Å². The topological polar surface area (TPSA) is 84.8 Å². The fourth-order valence-corrected chi connectivity index (χ4v) is 3.52. The molecule has 27 heavy (non-hydrogen) atoms.